The van der Waals surface area contributed by atoms with Crippen molar-refractivity contribution in [3.63, 3.8) is 0 Å². The topological polar surface area (TPSA) is 38.8 Å². The smallest absolute Gasteiger partial charge is 0.254 e. The van der Waals surface area contributed by atoms with Crippen molar-refractivity contribution in [2.24, 2.45) is 0 Å². The number of fused-ring (bicyclic) bond motifs is 2. The molecular weight excluding hydrogens is 314 g/mol. The molecule has 2 aromatic carbocycles. The predicted molar refractivity (Wildman–Crippen MR) is 87.3 cm³/mol. The largest absolute Gasteiger partial charge is 0.486 e. The molecule has 2 heterocycles. The first kappa shape index (κ1) is 14.4. The normalized spacial score (nSPS) is 16.0. The van der Waals surface area contributed by atoms with E-state index in [1.54, 1.807) is 24.3 Å². The van der Waals surface area contributed by atoms with Crippen LogP contribution < -0.4 is 9.47 Å². The lowest BCUT2D eigenvalue weighted by molar-refractivity contribution is 0.0734. The first-order chi connectivity index (χ1) is 11.2. The number of amides is 1. The summed E-state index contributed by atoms with van der Waals surface area (Å²) >= 11 is 5.89. The predicted octanol–water partition coefficient (Wildman–Crippen LogP) is 3.31. The molecule has 2 aliphatic heterocycles. The van der Waals surface area contributed by atoms with Crippen LogP contribution in [0.4, 0.5) is 0 Å². The van der Waals surface area contributed by atoms with E-state index in [1.165, 1.54) is 5.56 Å². The number of ether oxygens (including phenoxy) is 2. The molecule has 0 atom stereocenters. The van der Waals surface area contributed by atoms with E-state index in [1.807, 2.05) is 17.0 Å². The van der Waals surface area contributed by atoms with Crippen molar-refractivity contribution in [2.75, 3.05) is 19.8 Å². The maximum atomic E-state index is 12.6. The molecule has 0 radical (unpaired) electrons. The van der Waals surface area contributed by atoms with Crippen LogP contribution in [0.3, 0.4) is 0 Å². The van der Waals surface area contributed by atoms with Crippen LogP contribution in [-0.4, -0.2) is 30.6 Å². The van der Waals surface area contributed by atoms with Gasteiger partial charge in [0.05, 0.1) is 0 Å². The summed E-state index contributed by atoms with van der Waals surface area (Å²) in [5, 5.41) is 0.634. The summed E-state index contributed by atoms with van der Waals surface area (Å²) in [6, 6.07) is 11.1. The molecule has 0 N–H and O–H groups in total. The van der Waals surface area contributed by atoms with Gasteiger partial charge in [-0.05, 0) is 53.9 Å². The van der Waals surface area contributed by atoms with Crippen molar-refractivity contribution in [1.29, 1.82) is 0 Å². The van der Waals surface area contributed by atoms with Crippen LogP contribution in [0, 0.1) is 0 Å². The molecule has 0 saturated carbocycles. The van der Waals surface area contributed by atoms with Gasteiger partial charge in [-0.2, -0.15) is 0 Å². The number of hydrogen-bond donors (Lipinski definition) is 0. The van der Waals surface area contributed by atoms with Crippen molar-refractivity contribution in [1.82, 2.24) is 4.90 Å². The summed E-state index contributed by atoms with van der Waals surface area (Å²) in [4.78, 5) is 14.5. The Hall–Kier alpha value is -2.20. The van der Waals surface area contributed by atoms with Crippen LogP contribution in [0.15, 0.2) is 36.4 Å². The van der Waals surface area contributed by atoms with E-state index >= 15 is 0 Å². The first-order valence-corrected chi connectivity index (χ1v) is 8.05. The summed E-state index contributed by atoms with van der Waals surface area (Å²) in [5.41, 5.74) is 3.02. The fourth-order valence-electron chi connectivity index (χ4n) is 3.04. The van der Waals surface area contributed by atoms with E-state index < -0.39 is 0 Å². The van der Waals surface area contributed by atoms with Crippen LogP contribution in [0.2, 0.25) is 5.02 Å². The van der Waals surface area contributed by atoms with Gasteiger partial charge in [0, 0.05) is 23.7 Å². The molecule has 0 bridgehead atoms. The number of rotatable bonds is 1. The molecule has 2 aliphatic rings. The molecule has 4 rings (SSSR count). The van der Waals surface area contributed by atoms with Gasteiger partial charge in [-0.15, -0.1) is 0 Å². The Morgan fingerprint density at radius 1 is 1.00 bits per heavy atom. The van der Waals surface area contributed by atoms with Crippen molar-refractivity contribution < 1.29 is 14.3 Å². The third-order valence-corrected chi connectivity index (χ3v) is 4.51. The van der Waals surface area contributed by atoms with Crippen molar-refractivity contribution >= 4 is 17.5 Å². The maximum Gasteiger partial charge on any atom is 0.254 e. The summed E-state index contributed by atoms with van der Waals surface area (Å²) in [6.07, 6.45) is 0.825. The van der Waals surface area contributed by atoms with Gasteiger partial charge in [0.15, 0.2) is 11.5 Å². The van der Waals surface area contributed by atoms with E-state index in [9.17, 15) is 4.79 Å². The van der Waals surface area contributed by atoms with Crippen molar-refractivity contribution in [2.45, 2.75) is 13.0 Å². The Balaban J connectivity index is 1.58. The van der Waals surface area contributed by atoms with Gasteiger partial charge < -0.3 is 14.4 Å². The number of hydrogen-bond acceptors (Lipinski definition) is 3. The van der Waals surface area contributed by atoms with Crippen LogP contribution in [-0.2, 0) is 13.0 Å². The van der Waals surface area contributed by atoms with Gasteiger partial charge in [-0.3, -0.25) is 4.79 Å². The van der Waals surface area contributed by atoms with Gasteiger partial charge in [-0.1, -0.05) is 11.6 Å². The average Bonchev–Trinajstić information content (AvgIpc) is 2.59. The number of benzene rings is 2. The fourth-order valence-corrected chi connectivity index (χ4v) is 3.17. The van der Waals surface area contributed by atoms with Gasteiger partial charge in [0.25, 0.3) is 5.91 Å². The second-order valence-corrected chi connectivity index (χ2v) is 6.18. The molecule has 4 nitrogen and oxygen atoms in total. The summed E-state index contributed by atoms with van der Waals surface area (Å²) in [6.45, 7) is 2.45. The third kappa shape index (κ3) is 2.75. The van der Waals surface area contributed by atoms with E-state index in [0.29, 0.717) is 36.9 Å². The Morgan fingerprint density at radius 3 is 2.35 bits per heavy atom. The molecular formula is C18H16ClNO3. The molecule has 0 aromatic heterocycles. The fraction of sp³-hybridized carbons (Fsp3) is 0.278. The van der Waals surface area contributed by atoms with Crippen LogP contribution in [0.5, 0.6) is 11.5 Å². The highest BCUT2D eigenvalue weighted by molar-refractivity contribution is 6.30. The Labute approximate surface area is 139 Å². The first-order valence-electron chi connectivity index (χ1n) is 7.67. The molecule has 2 aromatic rings. The van der Waals surface area contributed by atoms with E-state index in [2.05, 4.69) is 0 Å². The lowest BCUT2D eigenvalue weighted by Crippen LogP contribution is -2.36. The van der Waals surface area contributed by atoms with Gasteiger partial charge in [0.2, 0.25) is 0 Å². The van der Waals surface area contributed by atoms with Crippen molar-refractivity contribution in [3.05, 3.63) is 58.1 Å². The molecule has 0 saturated heterocycles. The van der Waals surface area contributed by atoms with Gasteiger partial charge >= 0.3 is 0 Å². The minimum absolute atomic E-state index is 0.0298. The molecule has 0 spiro atoms. The molecule has 1 amide bonds. The Morgan fingerprint density at radius 2 is 1.65 bits per heavy atom. The third-order valence-electron chi connectivity index (χ3n) is 4.26. The Bertz CT molecular complexity index is 758. The molecule has 23 heavy (non-hydrogen) atoms. The van der Waals surface area contributed by atoms with Crippen LogP contribution >= 0.6 is 11.6 Å². The van der Waals surface area contributed by atoms with Crippen LogP contribution in [0.25, 0.3) is 0 Å². The zero-order valence-electron chi connectivity index (χ0n) is 12.5. The second-order valence-electron chi connectivity index (χ2n) is 5.75. The zero-order valence-corrected chi connectivity index (χ0v) is 13.3. The molecule has 0 unspecified atom stereocenters. The highest BCUT2D eigenvalue weighted by Crippen LogP contribution is 2.35. The number of carbonyl (C=O) groups excluding carboxylic acids is 1. The lowest BCUT2D eigenvalue weighted by Gasteiger charge is -2.30. The highest BCUT2D eigenvalue weighted by atomic mass is 35.5. The molecule has 118 valence electrons. The zero-order chi connectivity index (χ0) is 15.8. The highest BCUT2D eigenvalue weighted by Gasteiger charge is 2.24. The molecule has 5 heteroatoms. The SMILES string of the molecule is O=C(c1ccc(Cl)cc1)N1CCc2cc3c(cc2C1)OCCO3. The lowest BCUT2D eigenvalue weighted by atomic mass is 9.98. The molecule has 0 fully saturated rings. The summed E-state index contributed by atoms with van der Waals surface area (Å²) < 4.78 is 11.3. The summed E-state index contributed by atoms with van der Waals surface area (Å²) in [5.74, 6) is 1.62. The quantitative estimate of drug-likeness (QED) is 0.805. The summed E-state index contributed by atoms with van der Waals surface area (Å²) in [7, 11) is 0. The maximum absolute atomic E-state index is 12.6. The van der Waals surface area contributed by atoms with Crippen LogP contribution in [0.1, 0.15) is 21.5 Å². The number of halogens is 1. The minimum Gasteiger partial charge on any atom is -0.486 e. The van der Waals surface area contributed by atoms with Gasteiger partial charge in [-0.25, -0.2) is 0 Å². The van der Waals surface area contributed by atoms with Gasteiger partial charge in [0.1, 0.15) is 13.2 Å². The standard InChI is InChI=1S/C18H16ClNO3/c19-15-3-1-12(2-4-15)18(21)20-6-5-13-9-16-17(10-14(13)11-20)23-8-7-22-16/h1-4,9-10H,5-8,11H2. The Kier molecular flexibility index (Phi) is 3.62. The monoisotopic (exact) mass is 329 g/mol. The van der Waals surface area contributed by atoms with E-state index in [0.717, 1.165) is 23.5 Å². The minimum atomic E-state index is 0.0298. The number of nitrogens with zero attached hydrogens (tertiary/aromatic N) is 1. The second kappa shape index (κ2) is 5.78. The van der Waals surface area contributed by atoms with E-state index in [-0.39, 0.29) is 5.91 Å². The molecule has 0 aliphatic carbocycles. The number of carbonyl (C=O) groups is 1. The van der Waals surface area contributed by atoms with Crippen molar-refractivity contribution in [3.8, 4) is 11.5 Å². The average molecular weight is 330 g/mol. The van der Waals surface area contributed by atoms with E-state index in [4.69, 9.17) is 21.1 Å².